The molecule has 5 nitrogen and oxygen atoms in total. The van der Waals surface area contributed by atoms with Crippen molar-refractivity contribution in [1.29, 1.82) is 0 Å². The van der Waals surface area contributed by atoms with Crippen molar-refractivity contribution in [2.45, 2.75) is 64.3 Å². The van der Waals surface area contributed by atoms with Gasteiger partial charge in [-0.2, -0.15) is 0 Å². The van der Waals surface area contributed by atoms with E-state index in [-0.39, 0.29) is 17.9 Å². The molecule has 1 atom stereocenters. The number of piperidine rings is 1. The van der Waals surface area contributed by atoms with Crippen LogP contribution in [0.2, 0.25) is 0 Å². The molecule has 1 aromatic heterocycles. The first-order valence-corrected chi connectivity index (χ1v) is 10.2. The molecule has 0 aromatic carbocycles. The van der Waals surface area contributed by atoms with Gasteiger partial charge in [0.15, 0.2) is 0 Å². The van der Waals surface area contributed by atoms with Gasteiger partial charge in [-0.15, -0.1) is 0 Å². The number of aliphatic hydroxyl groups is 1. The number of hydrogen-bond donors (Lipinski definition) is 1. The van der Waals surface area contributed by atoms with Crippen LogP contribution in [-0.4, -0.2) is 53.7 Å². The van der Waals surface area contributed by atoms with E-state index in [0.717, 1.165) is 50.9 Å². The third-order valence-corrected chi connectivity index (χ3v) is 6.52. The first kappa shape index (κ1) is 19.2. The van der Waals surface area contributed by atoms with Crippen molar-refractivity contribution in [1.82, 2.24) is 9.88 Å². The van der Waals surface area contributed by atoms with E-state index < -0.39 is 0 Å². The minimum atomic E-state index is -0.0232. The van der Waals surface area contributed by atoms with Gasteiger partial charge in [-0.25, -0.2) is 0 Å². The molecule has 2 fully saturated rings. The van der Waals surface area contributed by atoms with Crippen LogP contribution in [-0.2, 0) is 0 Å². The first-order chi connectivity index (χ1) is 12.6. The van der Waals surface area contributed by atoms with Crippen molar-refractivity contribution in [2.75, 3.05) is 31.6 Å². The molecule has 1 aliphatic carbocycles. The van der Waals surface area contributed by atoms with Crippen LogP contribution in [0.4, 0.5) is 5.69 Å². The van der Waals surface area contributed by atoms with Gasteiger partial charge in [-0.05, 0) is 44.2 Å². The summed E-state index contributed by atoms with van der Waals surface area (Å²) in [6.45, 7) is 4.19. The van der Waals surface area contributed by atoms with Crippen molar-refractivity contribution >= 4 is 11.6 Å². The van der Waals surface area contributed by atoms with E-state index >= 15 is 0 Å². The highest BCUT2D eigenvalue weighted by molar-refractivity contribution is 5.93. The smallest absolute Gasteiger partial charge is 0.272 e. The third-order valence-electron chi connectivity index (χ3n) is 6.52. The molecule has 2 heterocycles. The molecule has 1 amide bonds. The SMILES string of the molecule is CC[C@]1(CO)CCCN(c2ccnc(C(=O)N(C)C3CCCCC3)c2)C1. The second kappa shape index (κ2) is 8.38. The van der Waals surface area contributed by atoms with Crippen LogP contribution in [0, 0.1) is 5.41 Å². The van der Waals surface area contributed by atoms with Crippen LogP contribution >= 0.6 is 0 Å². The molecule has 0 spiro atoms. The maximum atomic E-state index is 12.9. The maximum absolute atomic E-state index is 12.9. The van der Waals surface area contributed by atoms with Crippen LogP contribution < -0.4 is 4.90 Å². The Balaban J connectivity index is 1.74. The number of carbonyl (C=O) groups is 1. The summed E-state index contributed by atoms with van der Waals surface area (Å²) in [5.41, 5.74) is 1.56. The zero-order valence-electron chi connectivity index (χ0n) is 16.3. The number of aromatic nitrogens is 1. The largest absolute Gasteiger partial charge is 0.396 e. The topological polar surface area (TPSA) is 56.7 Å². The lowest BCUT2D eigenvalue weighted by Gasteiger charge is -2.42. The van der Waals surface area contributed by atoms with E-state index in [1.54, 1.807) is 6.20 Å². The number of rotatable bonds is 5. The highest BCUT2D eigenvalue weighted by atomic mass is 16.3. The molecule has 0 radical (unpaired) electrons. The number of carbonyl (C=O) groups excluding carboxylic acids is 1. The van der Waals surface area contributed by atoms with Gasteiger partial charge in [-0.3, -0.25) is 9.78 Å². The normalized spacial score (nSPS) is 24.5. The molecule has 1 aliphatic heterocycles. The Labute approximate surface area is 157 Å². The summed E-state index contributed by atoms with van der Waals surface area (Å²) in [4.78, 5) is 21.5. The van der Waals surface area contributed by atoms with Crippen molar-refractivity contribution < 1.29 is 9.90 Å². The minimum Gasteiger partial charge on any atom is -0.396 e. The first-order valence-electron chi connectivity index (χ1n) is 10.2. The van der Waals surface area contributed by atoms with Crippen LogP contribution in [0.5, 0.6) is 0 Å². The molecular weight excluding hydrogens is 326 g/mol. The fourth-order valence-electron chi connectivity index (χ4n) is 4.51. The van der Waals surface area contributed by atoms with Crippen LogP contribution in [0.25, 0.3) is 0 Å². The molecule has 1 N–H and O–H groups in total. The average molecular weight is 360 g/mol. The molecular formula is C21H33N3O2. The van der Waals surface area contributed by atoms with Gasteiger partial charge in [0.05, 0.1) is 6.61 Å². The number of aliphatic hydroxyl groups excluding tert-OH is 1. The zero-order chi connectivity index (χ0) is 18.6. The fourth-order valence-corrected chi connectivity index (χ4v) is 4.51. The lowest BCUT2D eigenvalue weighted by molar-refractivity contribution is 0.0690. The Hall–Kier alpha value is -1.62. The summed E-state index contributed by atoms with van der Waals surface area (Å²) in [5, 5.41) is 9.87. The van der Waals surface area contributed by atoms with E-state index in [9.17, 15) is 9.90 Å². The lowest BCUT2D eigenvalue weighted by atomic mass is 9.78. The Morgan fingerprint density at radius 1 is 1.35 bits per heavy atom. The Bertz CT molecular complexity index is 609. The summed E-state index contributed by atoms with van der Waals surface area (Å²) in [6.07, 6.45) is 10.8. The summed E-state index contributed by atoms with van der Waals surface area (Å²) < 4.78 is 0. The molecule has 1 aromatic rings. The van der Waals surface area contributed by atoms with E-state index in [1.807, 2.05) is 24.1 Å². The molecule has 0 bridgehead atoms. The van der Waals surface area contributed by atoms with Crippen molar-refractivity contribution in [3.05, 3.63) is 24.0 Å². The number of hydrogen-bond acceptors (Lipinski definition) is 4. The van der Waals surface area contributed by atoms with Gasteiger partial charge in [0.2, 0.25) is 0 Å². The molecule has 26 heavy (non-hydrogen) atoms. The van der Waals surface area contributed by atoms with Crippen LogP contribution in [0.3, 0.4) is 0 Å². The van der Waals surface area contributed by atoms with Gasteiger partial charge in [0.1, 0.15) is 5.69 Å². The number of amides is 1. The van der Waals surface area contributed by atoms with Crippen LogP contribution in [0.15, 0.2) is 18.3 Å². The second-order valence-electron chi connectivity index (χ2n) is 8.14. The molecule has 2 aliphatic rings. The molecule has 5 heteroatoms. The van der Waals surface area contributed by atoms with E-state index in [2.05, 4.69) is 16.8 Å². The summed E-state index contributed by atoms with van der Waals surface area (Å²) in [6, 6.07) is 4.27. The highest BCUT2D eigenvalue weighted by Crippen LogP contribution is 2.35. The highest BCUT2D eigenvalue weighted by Gasteiger charge is 2.33. The summed E-state index contributed by atoms with van der Waals surface area (Å²) in [5.74, 6) is 0.0275. The Morgan fingerprint density at radius 2 is 2.12 bits per heavy atom. The third kappa shape index (κ3) is 4.03. The predicted molar refractivity (Wildman–Crippen MR) is 104 cm³/mol. The standard InChI is InChI=1S/C21H33N3O2/c1-3-21(16-25)11-7-13-24(15-21)18-10-12-22-19(14-18)20(26)23(2)17-8-5-4-6-9-17/h10,12,14,17,25H,3-9,11,13,15-16H2,1-2H3/t21-/m0/s1. The lowest BCUT2D eigenvalue weighted by Crippen LogP contribution is -2.45. The minimum absolute atomic E-state index is 0.0232. The quantitative estimate of drug-likeness (QED) is 0.874. The predicted octanol–water partition coefficient (Wildman–Crippen LogP) is 3.48. The summed E-state index contributed by atoms with van der Waals surface area (Å²) in [7, 11) is 1.92. The molecule has 1 saturated heterocycles. The number of pyridine rings is 1. The van der Waals surface area contributed by atoms with Crippen LogP contribution in [0.1, 0.15) is 68.8 Å². The van der Waals surface area contributed by atoms with Gasteiger partial charge in [0, 0.05) is 43.5 Å². The number of nitrogens with zero attached hydrogens (tertiary/aromatic N) is 3. The average Bonchev–Trinajstić information content (AvgIpc) is 2.73. The number of anilines is 1. The molecule has 0 unspecified atom stereocenters. The van der Waals surface area contributed by atoms with Gasteiger partial charge in [-0.1, -0.05) is 26.2 Å². The Kier molecular flexibility index (Phi) is 6.17. The molecule has 1 saturated carbocycles. The van der Waals surface area contributed by atoms with E-state index in [0.29, 0.717) is 11.7 Å². The Morgan fingerprint density at radius 3 is 2.81 bits per heavy atom. The zero-order valence-corrected chi connectivity index (χ0v) is 16.3. The van der Waals surface area contributed by atoms with Gasteiger partial charge < -0.3 is 14.9 Å². The molecule has 144 valence electrons. The van der Waals surface area contributed by atoms with E-state index in [4.69, 9.17) is 0 Å². The van der Waals surface area contributed by atoms with E-state index in [1.165, 1.54) is 19.3 Å². The maximum Gasteiger partial charge on any atom is 0.272 e. The monoisotopic (exact) mass is 359 g/mol. The summed E-state index contributed by atoms with van der Waals surface area (Å²) >= 11 is 0. The van der Waals surface area contributed by atoms with Crippen molar-refractivity contribution in [2.24, 2.45) is 5.41 Å². The molecule has 3 rings (SSSR count). The van der Waals surface area contributed by atoms with Crippen molar-refractivity contribution in [3.63, 3.8) is 0 Å². The van der Waals surface area contributed by atoms with Gasteiger partial charge in [0.25, 0.3) is 5.91 Å². The second-order valence-corrected chi connectivity index (χ2v) is 8.14. The van der Waals surface area contributed by atoms with Crippen molar-refractivity contribution in [3.8, 4) is 0 Å². The fraction of sp³-hybridized carbons (Fsp3) is 0.714. The van der Waals surface area contributed by atoms with Gasteiger partial charge >= 0.3 is 0 Å².